The van der Waals surface area contributed by atoms with Crippen molar-refractivity contribution in [1.82, 2.24) is 0 Å². The molecule has 5 aromatic carbocycles. The van der Waals surface area contributed by atoms with Crippen LogP contribution >= 0.6 is 0 Å². The zero-order chi connectivity index (χ0) is 43.1. The van der Waals surface area contributed by atoms with Gasteiger partial charge in [0.05, 0.1) is 11.4 Å². The van der Waals surface area contributed by atoms with Gasteiger partial charge in [0.2, 0.25) is 0 Å². The largest absolute Gasteiger partial charge is 0.573 e. The summed E-state index contributed by atoms with van der Waals surface area (Å²) in [5.74, 6) is -0.319. The molecule has 4 heterocycles. The summed E-state index contributed by atoms with van der Waals surface area (Å²) in [5.41, 5.74) is 11.3. The van der Waals surface area contributed by atoms with Gasteiger partial charge in [-0.1, -0.05) is 132 Å². The summed E-state index contributed by atoms with van der Waals surface area (Å²) < 4.78 is 62.9. The number of rotatable bonds is 3. The van der Waals surface area contributed by atoms with E-state index in [9.17, 15) is 13.2 Å². The Morgan fingerprint density at radius 3 is 1.22 bits per heavy atom. The summed E-state index contributed by atoms with van der Waals surface area (Å²) in [4.78, 5) is 4.13. The standard InChI is InChI=1S/C51H52BF3N2O3/c1-47(2,3)29-19-23-31(24-20-29)56-38-27-33(60-51(53,54)55)28-39-40(38)52(45-41(56)34-15-13-17-36(43(34)58-45)49(7,8)9)46-42(35-16-14-18-37(44(35)59-46)50(10,11)12)57(39)32-25-21-30(22-26-32)48(4,5)6/h13-28H,1-12H3. The number of anilines is 6. The van der Waals surface area contributed by atoms with E-state index in [0.29, 0.717) is 22.7 Å². The number of hydrogen-bond acceptors (Lipinski definition) is 5. The first-order valence-corrected chi connectivity index (χ1v) is 20.8. The van der Waals surface area contributed by atoms with E-state index in [1.807, 2.05) is 12.1 Å². The lowest BCUT2D eigenvalue weighted by Gasteiger charge is -2.41. The van der Waals surface area contributed by atoms with Crippen LogP contribution in [0.15, 0.2) is 106 Å². The molecule has 2 aliphatic heterocycles. The maximum atomic E-state index is 14.5. The van der Waals surface area contributed by atoms with Gasteiger partial charge in [-0.05, 0) is 74.6 Å². The van der Waals surface area contributed by atoms with Crippen molar-refractivity contribution in [2.75, 3.05) is 9.80 Å². The monoisotopic (exact) mass is 808 g/mol. The highest BCUT2D eigenvalue weighted by atomic mass is 19.4. The highest BCUT2D eigenvalue weighted by Gasteiger charge is 2.51. The number of nitrogens with zero attached hydrogens (tertiary/aromatic N) is 2. The van der Waals surface area contributed by atoms with Crippen molar-refractivity contribution in [2.45, 2.75) is 111 Å². The van der Waals surface area contributed by atoms with Crippen LogP contribution in [0.5, 0.6) is 5.75 Å². The van der Waals surface area contributed by atoms with Gasteiger partial charge in [0, 0.05) is 56.8 Å². The van der Waals surface area contributed by atoms with Crippen LogP contribution in [0.25, 0.3) is 21.9 Å². The Balaban J connectivity index is 1.45. The normalized spacial score (nSPS) is 14.5. The zero-order valence-electron chi connectivity index (χ0n) is 36.6. The van der Waals surface area contributed by atoms with Crippen molar-refractivity contribution in [3.05, 3.63) is 119 Å². The van der Waals surface area contributed by atoms with Gasteiger partial charge in [-0.3, -0.25) is 0 Å². The topological polar surface area (TPSA) is 42.0 Å². The average molecular weight is 809 g/mol. The molecule has 60 heavy (non-hydrogen) atoms. The van der Waals surface area contributed by atoms with E-state index in [1.54, 1.807) is 0 Å². The summed E-state index contributed by atoms with van der Waals surface area (Å²) in [6.45, 7) is 25.3. The van der Waals surface area contributed by atoms with Crippen LogP contribution in [-0.4, -0.2) is 13.1 Å². The molecule has 7 aromatic rings. The number of ether oxygens (including phenoxy) is 1. The molecular weight excluding hydrogens is 756 g/mol. The summed E-state index contributed by atoms with van der Waals surface area (Å²) in [5, 5.41) is 1.72. The Hall–Kier alpha value is -5.57. The fraction of sp³-hybridized carbons (Fsp3) is 0.333. The molecule has 0 saturated heterocycles. The minimum atomic E-state index is -4.94. The average Bonchev–Trinajstić information content (AvgIpc) is 3.72. The smallest absolute Gasteiger partial charge is 0.468 e. The molecule has 9 rings (SSSR count). The molecule has 0 amide bonds. The van der Waals surface area contributed by atoms with Crippen molar-refractivity contribution in [3.63, 3.8) is 0 Å². The van der Waals surface area contributed by atoms with E-state index >= 15 is 0 Å². The van der Waals surface area contributed by atoms with Crippen LogP contribution in [-0.2, 0) is 21.7 Å². The predicted octanol–water partition coefficient (Wildman–Crippen LogP) is 13.4. The summed E-state index contributed by atoms with van der Waals surface area (Å²) >= 11 is 0. The van der Waals surface area contributed by atoms with Crippen molar-refractivity contribution in [2.24, 2.45) is 0 Å². The number of benzene rings is 5. The molecule has 0 bridgehead atoms. The van der Waals surface area contributed by atoms with Gasteiger partial charge in [-0.2, -0.15) is 0 Å². The van der Waals surface area contributed by atoms with Crippen LogP contribution in [0.1, 0.15) is 105 Å². The van der Waals surface area contributed by atoms with Gasteiger partial charge < -0.3 is 23.4 Å². The first-order valence-electron chi connectivity index (χ1n) is 20.8. The molecule has 0 aliphatic carbocycles. The first kappa shape index (κ1) is 39.9. The minimum absolute atomic E-state index is 0.118. The molecule has 308 valence electrons. The number of halogens is 3. The van der Waals surface area contributed by atoms with Crippen molar-refractivity contribution in [3.8, 4) is 5.75 Å². The molecule has 0 fully saturated rings. The third-order valence-corrected chi connectivity index (χ3v) is 12.1. The fourth-order valence-corrected chi connectivity index (χ4v) is 9.12. The SMILES string of the molecule is CC(C)(C)c1ccc(N2c3cc(OC(F)(F)F)cc4c3B(c3oc5c(C(C)(C)C)cccc5c32)c2oc3c(C(C)(C)C)cccc3c2N4c2ccc(C(C)(C)C)cc2)cc1. The molecule has 0 atom stereocenters. The molecule has 0 radical (unpaired) electrons. The second-order valence-electron chi connectivity index (χ2n) is 20.6. The van der Waals surface area contributed by atoms with Crippen molar-refractivity contribution in [1.29, 1.82) is 0 Å². The van der Waals surface area contributed by atoms with Gasteiger partial charge in [0.25, 0.3) is 0 Å². The summed E-state index contributed by atoms with van der Waals surface area (Å²) in [7, 11) is 0. The molecule has 5 nitrogen and oxygen atoms in total. The number of fused-ring (bicyclic) bond motifs is 8. The second kappa shape index (κ2) is 13.0. The van der Waals surface area contributed by atoms with Crippen LogP contribution in [0, 0.1) is 0 Å². The molecule has 0 saturated carbocycles. The maximum Gasteiger partial charge on any atom is 0.573 e. The third kappa shape index (κ3) is 6.38. The molecule has 0 unspecified atom stereocenters. The zero-order valence-corrected chi connectivity index (χ0v) is 36.6. The molecular formula is C51H52BF3N2O3. The van der Waals surface area contributed by atoms with E-state index in [1.165, 1.54) is 12.1 Å². The minimum Gasteiger partial charge on any atom is -0.468 e. The summed E-state index contributed by atoms with van der Waals surface area (Å²) in [6, 6.07) is 32.0. The van der Waals surface area contributed by atoms with Crippen LogP contribution < -0.4 is 31.3 Å². The van der Waals surface area contributed by atoms with Crippen LogP contribution in [0.4, 0.5) is 47.3 Å². The Morgan fingerprint density at radius 2 is 0.883 bits per heavy atom. The lowest BCUT2D eigenvalue weighted by molar-refractivity contribution is -0.274. The van der Waals surface area contributed by atoms with E-state index in [-0.39, 0.29) is 27.4 Å². The molecule has 2 aliphatic rings. The number of furan rings is 2. The lowest BCUT2D eigenvalue weighted by atomic mass is 9.37. The van der Waals surface area contributed by atoms with E-state index in [0.717, 1.165) is 72.4 Å². The highest BCUT2D eigenvalue weighted by Crippen LogP contribution is 2.52. The molecule has 0 N–H and O–H groups in total. The van der Waals surface area contributed by atoms with Gasteiger partial charge >= 0.3 is 13.1 Å². The predicted molar refractivity (Wildman–Crippen MR) is 241 cm³/mol. The Kier molecular flexibility index (Phi) is 8.62. The van der Waals surface area contributed by atoms with Gasteiger partial charge in [0.1, 0.15) is 28.2 Å². The van der Waals surface area contributed by atoms with Gasteiger partial charge in [0.15, 0.2) is 0 Å². The van der Waals surface area contributed by atoms with E-state index in [4.69, 9.17) is 13.6 Å². The number of alkyl halides is 3. The van der Waals surface area contributed by atoms with Crippen molar-refractivity contribution >= 4 is 79.6 Å². The Bertz CT molecular complexity index is 2640. The Morgan fingerprint density at radius 1 is 0.500 bits per heavy atom. The van der Waals surface area contributed by atoms with E-state index < -0.39 is 13.1 Å². The quantitative estimate of drug-likeness (QED) is 0.166. The number of hydrogen-bond donors (Lipinski definition) is 0. The fourth-order valence-electron chi connectivity index (χ4n) is 9.12. The highest BCUT2D eigenvalue weighted by molar-refractivity contribution is 6.99. The molecule has 9 heteroatoms. The molecule has 0 spiro atoms. The van der Waals surface area contributed by atoms with Gasteiger partial charge in [-0.15, -0.1) is 13.2 Å². The summed E-state index contributed by atoms with van der Waals surface area (Å²) in [6.07, 6.45) is -4.94. The van der Waals surface area contributed by atoms with E-state index in [2.05, 4.69) is 166 Å². The third-order valence-electron chi connectivity index (χ3n) is 12.1. The van der Waals surface area contributed by atoms with Gasteiger partial charge in [-0.25, -0.2) is 0 Å². The first-order chi connectivity index (χ1) is 27.9. The molecule has 2 aromatic heterocycles. The van der Waals surface area contributed by atoms with Crippen molar-refractivity contribution < 1.29 is 26.7 Å². The second-order valence-corrected chi connectivity index (χ2v) is 20.6. The van der Waals surface area contributed by atoms with Crippen LogP contribution in [0.3, 0.4) is 0 Å². The Labute approximate surface area is 351 Å². The van der Waals surface area contributed by atoms with Crippen LogP contribution in [0.2, 0.25) is 0 Å². The lowest BCUT2D eigenvalue weighted by Crippen LogP contribution is -2.60. The number of para-hydroxylation sites is 2. The maximum absolute atomic E-state index is 14.5.